The van der Waals surface area contributed by atoms with Gasteiger partial charge in [-0.25, -0.2) is 5.48 Å². The number of carbonyl (C=O) groups excluding carboxylic acids is 1. The van der Waals surface area contributed by atoms with Gasteiger partial charge in [-0.2, -0.15) is 0 Å². The van der Waals surface area contributed by atoms with Crippen molar-refractivity contribution in [3.63, 3.8) is 0 Å². The summed E-state index contributed by atoms with van der Waals surface area (Å²) in [4.78, 5) is 16.5. The second-order valence-corrected chi connectivity index (χ2v) is 4.96. The Hall–Kier alpha value is -0.610. The average molecular weight is 216 g/mol. The van der Waals surface area contributed by atoms with Gasteiger partial charge in [-0.1, -0.05) is 6.92 Å². The molecule has 4 heteroatoms. The van der Waals surface area contributed by atoms with Crippen LogP contribution in [-0.2, 0) is 9.63 Å². The van der Waals surface area contributed by atoms with Crippen molar-refractivity contribution in [2.75, 3.05) is 6.54 Å². The summed E-state index contributed by atoms with van der Waals surface area (Å²) in [5.74, 6) is 0.434. The SMILES string of the molecule is CC(CCN)CCC(=O)NOC(C)(C)C. The van der Waals surface area contributed by atoms with Gasteiger partial charge in [0.1, 0.15) is 0 Å². The summed E-state index contributed by atoms with van der Waals surface area (Å²) in [6.07, 6.45) is 2.32. The Balaban J connectivity index is 3.58. The van der Waals surface area contributed by atoms with Crippen molar-refractivity contribution in [3.8, 4) is 0 Å². The van der Waals surface area contributed by atoms with E-state index in [0.29, 0.717) is 18.9 Å². The van der Waals surface area contributed by atoms with E-state index in [9.17, 15) is 4.79 Å². The fourth-order valence-electron chi connectivity index (χ4n) is 1.07. The Labute approximate surface area is 92.5 Å². The Morgan fingerprint density at radius 1 is 1.40 bits per heavy atom. The van der Waals surface area contributed by atoms with Crippen LogP contribution in [0.1, 0.15) is 47.0 Å². The summed E-state index contributed by atoms with van der Waals surface area (Å²) in [6.45, 7) is 8.46. The molecule has 0 bridgehead atoms. The maximum atomic E-state index is 11.3. The maximum Gasteiger partial charge on any atom is 0.243 e. The molecule has 15 heavy (non-hydrogen) atoms. The van der Waals surface area contributed by atoms with Gasteiger partial charge in [0, 0.05) is 6.42 Å². The molecular formula is C11H24N2O2. The first-order chi connectivity index (χ1) is 6.85. The van der Waals surface area contributed by atoms with E-state index >= 15 is 0 Å². The van der Waals surface area contributed by atoms with Crippen molar-refractivity contribution < 1.29 is 9.63 Å². The fraction of sp³-hybridized carbons (Fsp3) is 0.909. The van der Waals surface area contributed by atoms with Crippen LogP contribution in [-0.4, -0.2) is 18.1 Å². The minimum absolute atomic E-state index is 0.0613. The van der Waals surface area contributed by atoms with Gasteiger partial charge in [-0.05, 0) is 46.1 Å². The number of nitrogens with two attached hydrogens (primary N) is 1. The molecule has 1 amide bonds. The first-order valence-corrected chi connectivity index (χ1v) is 5.52. The van der Waals surface area contributed by atoms with E-state index in [1.54, 1.807) is 0 Å². The van der Waals surface area contributed by atoms with E-state index in [-0.39, 0.29) is 11.5 Å². The largest absolute Gasteiger partial charge is 0.330 e. The van der Waals surface area contributed by atoms with Crippen LogP contribution in [0.3, 0.4) is 0 Å². The van der Waals surface area contributed by atoms with E-state index in [4.69, 9.17) is 10.6 Å². The van der Waals surface area contributed by atoms with Crippen LogP contribution in [0.2, 0.25) is 0 Å². The predicted octanol–water partition coefficient (Wildman–Crippen LogP) is 1.60. The molecule has 90 valence electrons. The second kappa shape index (κ2) is 6.80. The lowest BCUT2D eigenvalue weighted by Gasteiger charge is -2.19. The molecule has 0 aromatic heterocycles. The Kier molecular flexibility index (Phi) is 6.52. The molecule has 1 atom stereocenters. The van der Waals surface area contributed by atoms with Gasteiger partial charge >= 0.3 is 0 Å². The van der Waals surface area contributed by atoms with Gasteiger partial charge in [0.2, 0.25) is 5.91 Å². The highest BCUT2D eigenvalue weighted by Crippen LogP contribution is 2.09. The molecule has 0 radical (unpaired) electrons. The highest BCUT2D eigenvalue weighted by atomic mass is 16.7. The lowest BCUT2D eigenvalue weighted by atomic mass is 10.0. The van der Waals surface area contributed by atoms with Crippen LogP contribution >= 0.6 is 0 Å². The lowest BCUT2D eigenvalue weighted by molar-refractivity contribution is -0.145. The van der Waals surface area contributed by atoms with Crippen molar-refractivity contribution in [1.29, 1.82) is 0 Å². The van der Waals surface area contributed by atoms with Crippen LogP contribution in [0.5, 0.6) is 0 Å². The number of nitrogens with one attached hydrogen (secondary N) is 1. The molecule has 0 fully saturated rings. The van der Waals surface area contributed by atoms with E-state index in [2.05, 4.69) is 12.4 Å². The zero-order valence-corrected chi connectivity index (χ0v) is 10.3. The molecule has 1 unspecified atom stereocenters. The van der Waals surface area contributed by atoms with Gasteiger partial charge in [-0.3, -0.25) is 9.63 Å². The van der Waals surface area contributed by atoms with E-state index in [1.807, 2.05) is 20.8 Å². The fourth-order valence-corrected chi connectivity index (χ4v) is 1.07. The molecule has 0 spiro atoms. The summed E-state index contributed by atoms with van der Waals surface area (Å²) < 4.78 is 0. The number of hydroxylamine groups is 1. The van der Waals surface area contributed by atoms with Gasteiger partial charge in [0.25, 0.3) is 0 Å². The summed E-state index contributed by atoms with van der Waals surface area (Å²) in [7, 11) is 0. The number of rotatable bonds is 6. The molecular weight excluding hydrogens is 192 g/mol. The quantitative estimate of drug-likeness (QED) is 0.663. The van der Waals surface area contributed by atoms with Crippen LogP contribution in [0, 0.1) is 5.92 Å². The minimum atomic E-state index is -0.335. The van der Waals surface area contributed by atoms with Crippen molar-refractivity contribution in [2.45, 2.75) is 52.6 Å². The zero-order chi connectivity index (χ0) is 11.9. The van der Waals surface area contributed by atoms with Crippen molar-refractivity contribution in [1.82, 2.24) is 5.48 Å². The Bertz CT molecular complexity index is 188. The minimum Gasteiger partial charge on any atom is -0.330 e. The third kappa shape index (κ3) is 9.69. The molecule has 0 heterocycles. The van der Waals surface area contributed by atoms with Gasteiger partial charge in [-0.15, -0.1) is 0 Å². The molecule has 0 aliphatic carbocycles. The molecule has 3 N–H and O–H groups in total. The Morgan fingerprint density at radius 3 is 2.47 bits per heavy atom. The second-order valence-electron chi connectivity index (χ2n) is 4.96. The average Bonchev–Trinajstić information content (AvgIpc) is 2.11. The molecule has 0 aliphatic heterocycles. The standard InChI is InChI=1S/C11H24N2O2/c1-9(7-8-12)5-6-10(14)13-15-11(2,3)4/h9H,5-8,12H2,1-4H3,(H,13,14). The molecule has 0 saturated carbocycles. The predicted molar refractivity (Wildman–Crippen MR) is 61.1 cm³/mol. The van der Waals surface area contributed by atoms with Crippen molar-refractivity contribution >= 4 is 5.91 Å². The summed E-state index contributed by atoms with van der Waals surface area (Å²) >= 11 is 0. The zero-order valence-electron chi connectivity index (χ0n) is 10.3. The van der Waals surface area contributed by atoms with Gasteiger partial charge in [0.15, 0.2) is 0 Å². The lowest BCUT2D eigenvalue weighted by Crippen LogP contribution is -2.33. The molecule has 0 rings (SSSR count). The highest BCUT2D eigenvalue weighted by Gasteiger charge is 2.13. The third-order valence-electron chi connectivity index (χ3n) is 1.99. The maximum absolute atomic E-state index is 11.3. The van der Waals surface area contributed by atoms with E-state index < -0.39 is 0 Å². The van der Waals surface area contributed by atoms with Crippen molar-refractivity contribution in [3.05, 3.63) is 0 Å². The summed E-state index contributed by atoms with van der Waals surface area (Å²) in [6, 6.07) is 0. The topological polar surface area (TPSA) is 64.4 Å². The summed E-state index contributed by atoms with van der Waals surface area (Å²) in [5.41, 5.74) is 7.54. The number of hydrogen-bond donors (Lipinski definition) is 2. The smallest absolute Gasteiger partial charge is 0.243 e. The number of amides is 1. The number of hydrogen-bond acceptors (Lipinski definition) is 3. The first kappa shape index (κ1) is 14.4. The molecule has 0 aromatic carbocycles. The van der Waals surface area contributed by atoms with E-state index in [0.717, 1.165) is 12.8 Å². The normalized spacial score (nSPS) is 13.7. The van der Waals surface area contributed by atoms with Crippen molar-refractivity contribution in [2.24, 2.45) is 11.7 Å². The molecule has 4 nitrogen and oxygen atoms in total. The van der Waals surface area contributed by atoms with Gasteiger partial charge < -0.3 is 5.73 Å². The van der Waals surface area contributed by atoms with Crippen LogP contribution < -0.4 is 11.2 Å². The van der Waals surface area contributed by atoms with Gasteiger partial charge in [0.05, 0.1) is 5.60 Å². The van der Waals surface area contributed by atoms with E-state index in [1.165, 1.54) is 0 Å². The number of carbonyl (C=O) groups is 1. The monoisotopic (exact) mass is 216 g/mol. The molecule has 0 aliphatic rings. The highest BCUT2D eigenvalue weighted by molar-refractivity contribution is 5.74. The molecule has 0 saturated heterocycles. The Morgan fingerprint density at radius 2 is 2.00 bits per heavy atom. The van der Waals surface area contributed by atoms with Crippen LogP contribution in [0.25, 0.3) is 0 Å². The third-order valence-corrected chi connectivity index (χ3v) is 1.99. The van der Waals surface area contributed by atoms with Crippen LogP contribution in [0.15, 0.2) is 0 Å². The summed E-state index contributed by atoms with van der Waals surface area (Å²) in [5, 5.41) is 0. The van der Waals surface area contributed by atoms with Crippen LogP contribution in [0.4, 0.5) is 0 Å². The first-order valence-electron chi connectivity index (χ1n) is 5.52. The molecule has 0 aromatic rings.